The fourth-order valence-corrected chi connectivity index (χ4v) is 2.68. The van der Waals surface area contributed by atoms with Gasteiger partial charge in [-0.1, -0.05) is 32.6 Å². The topological polar surface area (TPSA) is 49.3 Å². The van der Waals surface area contributed by atoms with Gasteiger partial charge in [0.25, 0.3) is 0 Å². The fourth-order valence-electron chi connectivity index (χ4n) is 2.68. The Morgan fingerprint density at radius 1 is 1.11 bits per heavy atom. The quantitative estimate of drug-likeness (QED) is 0.655. The first kappa shape index (κ1) is 15.5. The minimum Gasteiger partial charge on any atom is -0.396 e. The van der Waals surface area contributed by atoms with E-state index in [2.05, 4.69) is 12.2 Å². The van der Waals surface area contributed by atoms with Crippen molar-refractivity contribution < 1.29 is 9.90 Å². The lowest BCUT2D eigenvalue weighted by Crippen LogP contribution is -2.37. The van der Waals surface area contributed by atoms with Gasteiger partial charge in [-0.25, -0.2) is 0 Å². The number of aliphatic hydroxyl groups excluding tert-OH is 1. The normalized spacial score (nSPS) is 23.9. The van der Waals surface area contributed by atoms with E-state index in [1.807, 2.05) is 0 Å². The maximum absolute atomic E-state index is 11.7. The molecule has 0 spiro atoms. The minimum atomic E-state index is 0.221. The summed E-state index contributed by atoms with van der Waals surface area (Å²) in [6.07, 6.45) is 10.9. The zero-order valence-corrected chi connectivity index (χ0v) is 11.8. The summed E-state index contributed by atoms with van der Waals surface area (Å²) in [7, 11) is 0. The van der Waals surface area contributed by atoms with Crippen molar-refractivity contribution in [3.8, 4) is 0 Å². The lowest BCUT2D eigenvalue weighted by molar-refractivity contribution is -0.122. The van der Waals surface area contributed by atoms with Crippen molar-refractivity contribution in [3.63, 3.8) is 0 Å². The lowest BCUT2D eigenvalue weighted by atomic mass is 9.86. The smallest absolute Gasteiger partial charge is 0.220 e. The van der Waals surface area contributed by atoms with Crippen LogP contribution in [0.5, 0.6) is 0 Å². The molecule has 18 heavy (non-hydrogen) atoms. The van der Waals surface area contributed by atoms with Gasteiger partial charge in [-0.3, -0.25) is 4.79 Å². The summed E-state index contributed by atoms with van der Waals surface area (Å²) >= 11 is 0. The molecule has 3 nitrogen and oxygen atoms in total. The highest BCUT2D eigenvalue weighted by Gasteiger charge is 2.21. The first-order chi connectivity index (χ1) is 8.76. The number of hydrogen-bond donors (Lipinski definition) is 2. The second kappa shape index (κ2) is 9.37. The molecule has 1 aliphatic carbocycles. The van der Waals surface area contributed by atoms with Gasteiger partial charge in [0, 0.05) is 19.1 Å². The van der Waals surface area contributed by atoms with E-state index in [1.54, 1.807) is 0 Å². The Morgan fingerprint density at radius 2 is 1.78 bits per heavy atom. The van der Waals surface area contributed by atoms with E-state index in [4.69, 9.17) is 5.11 Å². The van der Waals surface area contributed by atoms with E-state index in [-0.39, 0.29) is 5.91 Å². The van der Waals surface area contributed by atoms with Crippen LogP contribution < -0.4 is 5.32 Å². The Hall–Kier alpha value is -0.570. The molecule has 0 heterocycles. The van der Waals surface area contributed by atoms with E-state index in [9.17, 15) is 4.79 Å². The summed E-state index contributed by atoms with van der Waals surface area (Å²) in [6, 6.07) is 0.357. The largest absolute Gasteiger partial charge is 0.396 e. The molecule has 0 unspecified atom stereocenters. The van der Waals surface area contributed by atoms with E-state index in [0.29, 0.717) is 25.0 Å². The predicted octanol–water partition coefficient (Wildman–Crippen LogP) is 3.01. The highest BCUT2D eigenvalue weighted by atomic mass is 16.3. The Balaban J connectivity index is 2.02. The third-order valence-electron chi connectivity index (χ3n) is 3.98. The highest BCUT2D eigenvalue weighted by Crippen LogP contribution is 2.23. The van der Waals surface area contributed by atoms with Gasteiger partial charge in [-0.2, -0.15) is 0 Å². The fraction of sp³-hybridized carbons (Fsp3) is 0.933. The van der Waals surface area contributed by atoms with Crippen LogP contribution in [-0.2, 0) is 4.79 Å². The van der Waals surface area contributed by atoms with E-state index in [1.165, 1.54) is 25.7 Å². The Bertz CT molecular complexity index is 223. The summed E-state index contributed by atoms with van der Waals surface area (Å²) in [5.74, 6) is 0.686. The van der Waals surface area contributed by atoms with Crippen LogP contribution in [0.25, 0.3) is 0 Å². The molecule has 1 aliphatic rings. The summed E-state index contributed by atoms with van der Waals surface area (Å²) in [6.45, 7) is 2.51. The number of nitrogens with one attached hydrogen (secondary N) is 1. The minimum absolute atomic E-state index is 0.221. The molecule has 0 aliphatic heterocycles. The van der Waals surface area contributed by atoms with Gasteiger partial charge in [0.2, 0.25) is 5.91 Å². The van der Waals surface area contributed by atoms with Crippen molar-refractivity contribution in [1.82, 2.24) is 5.32 Å². The number of amides is 1. The van der Waals surface area contributed by atoms with Crippen molar-refractivity contribution in [2.24, 2.45) is 5.92 Å². The maximum atomic E-state index is 11.7. The van der Waals surface area contributed by atoms with E-state index in [0.717, 1.165) is 32.1 Å². The standard InChI is InChI=1S/C15H29NO2/c1-2-3-4-5-6-7-15(18)16-14-10-8-13(12-17)9-11-14/h13-14,17H,2-12H2,1H3,(H,16,18). The van der Waals surface area contributed by atoms with Crippen LogP contribution in [0, 0.1) is 5.92 Å². The molecule has 0 aromatic rings. The third kappa shape index (κ3) is 6.39. The second-order valence-electron chi connectivity index (χ2n) is 5.63. The van der Waals surface area contributed by atoms with Crippen LogP contribution in [-0.4, -0.2) is 23.7 Å². The Morgan fingerprint density at radius 3 is 2.39 bits per heavy atom. The highest BCUT2D eigenvalue weighted by molar-refractivity contribution is 5.76. The molecule has 2 N–H and O–H groups in total. The molecule has 1 fully saturated rings. The van der Waals surface area contributed by atoms with Crippen LogP contribution in [0.15, 0.2) is 0 Å². The molecule has 0 aromatic heterocycles. The van der Waals surface area contributed by atoms with Gasteiger partial charge >= 0.3 is 0 Å². The molecule has 0 radical (unpaired) electrons. The number of hydrogen-bond acceptors (Lipinski definition) is 2. The van der Waals surface area contributed by atoms with Gasteiger partial charge in [-0.15, -0.1) is 0 Å². The van der Waals surface area contributed by atoms with Crippen LogP contribution in [0.4, 0.5) is 0 Å². The molecule has 1 rings (SSSR count). The summed E-state index contributed by atoms with van der Waals surface area (Å²) in [4.78, 5) is 11.7. The molecular formula is C15H29NO2. The lowest BCUT2D eigenvalue weighted by Gasteiger charge is -2.27. The van der Waals surface area contributed by atoms with E-state index < -0.39 is 0 Å². The van der Waals surface area contributed by atoms with Gasteiger partial charge < -0.3 is 10.4 Å². The van der Waals surface area contributed by atoms with E-state index >= 15 is 0 Å². The number of carbonyl (C=O) groups is 1. The maximum Gasteiger partial charge on any atom is 0.220 e. The average Bonchev–Trinajstić information content (AvgIpc) is 2.39. The summed E-state index contributed by atoms with van der Waals surface area (Å²) in [5, 5.41) is 12.2. The van der Waals surface area contributed by atoms with Crippen molar-refractivity contribution in [2.75, 3.05) is 6.61 Å². The van der Waals surface area contributed by atoms with Crippen LogP contribution in [0.1, 0.15) is 71.1 Å². The van der Waals surface area contributed by atoms with Crippen LogP contribution in [0.2, 0.25) is 0 Å². The van der Waals surface area contributed by atoms with Crippen molar-refractivity contribution in [3.05, 3.63) is 0 Å². The van der Waals surface area contributed by atoms with Gasteiger partial charge in [0.05, 0.1) is 0 Å². The zero-order valence-electron chi connectivity index (χ0n) is 11.8. The van der Waals surface area contributed by atoms with Gasteiger partial charge in [-0.05, 0) is 38.0 Å². The molecule has 0 bridgehead atoms. The summed E-state index contributed by atoms with van der Waals surface area (Å²) < 4.78 is 0. The third-order valence-corrected chi connectivity index (χ3v) is 3.98. The molecule has 1 saturated carbocycles. The first-order valence-corrected chi connectivity index (χ1v) is 7.66. The molecule has 0 saturated heterocycles. The number of rotatable bonds is 8. The van der Waals surface area contributed by atoms with Crippen molar-refractivity contribution in [2.45, 2.75) is 77.2 Å². The number of carbonyl (C=O) groups excluding carboxylic acids is 1. The zero-order chi connectivity index (χ0) is 13.2. The van der Waals surface area contributed by atoms with Crippen molar-refractivity contribution in [1.29, 1.82) is 0 Å². The summed E-state index contributed by atoms with van der Waals surface area (Å²) in [5.41, 5.74) is 0. The van der Waals surface area contributed by atoms with Gasteiger partial charge in [0.1, 0.15) is 0 Å². The predicted molar refractivity (Wildman–Crippen MR) is 74.4 cm³/mol. The molecule has 1 amide bonds. The molecule has 3 heteroatoms. The second-order valence-corrected chi connectivity index (χ2v) is 5.63. The number of unbranched alkanes of at least 4 members (excludes halogenated alkanes) is 4. The van der Waals surface area contributed by atoms with Crippen LogP contribution in [0.3, 0.4) is 0 Å². The number of aliphatic hydroxyl groups is 1. The van der Waals surface area contributed by atoms with Crippen molar-refractivity contribution >= 4 is 5.91 Å². The Labute approximate surface area is 111 Å². The first-order valence-electron chi connectivity index (χ1n) is 7.66. The van der Waals surface area contributed by atoms with Gasteiger partial charge in [0.15, 0.2) is 0 Å². The SMILES string of the molecule is CCCCCCCC(=O)NC1CCC(CO)CC1. The average molecular weight is 255 g/mol. The molecular weight excluding hydrogens is 226 g/mol. The molecule has 0 atom stereocenters. The molecule has 0 aromatic carbocycles. The molecule has 106 valence electrons. The Kier molecular flexibility index (Phi) is 8.06. The monoisotopic (exact) mass is 255 g/mol. The van der Waals surface area contributed by atoms with Crippen LogP contribution >= 0.6 is 0 Å².